The Labute approximate surface area is 105 Å². The fraction of sp³-hybridized carbons (Fsp3) is 0.0769. The summed E-state index contributed by atoms with van der Waals surface area (Å²) in [5.41, 5.74) is 3.83. The van der Waals surface area contributed by atoms with Crippen LogP contribution in [-0.2, 0) is 7.05 Å². The number of anilines is 1. The number of benzene rings is 1. The number of urea groups is 1. The van der Waals surface area contributed by atoms with E-state index in [1.54, 1.807) is 0 Å². The predicted octanol–water partition coefficient (Wildman–Crippen LogP) is 1.66. The van der Waals surface area contributed by atoms with Crippen molar-refractivity contribution in [3.8, 4) is 0 Å². The molecule has 0 aliphatic carbocycles. The van der Waals surface area contributed by atoms with Gasteiger partial charge in [-0.2, -0.15) is 5.10 Å². The standard InChI is InChI=1S/C13H14N4O/c1-17-10-6-5-9-12(17)15-16-13(18)14-11-7-3-2-4-8-11/h2-10H,1H3,(H2,14,16,18). The first kappa shape index (κ1) is 11.9. The lowest BCUT2D eigenvalue weighted by atomic mass is 10.3. The molecule has 2 aromatic rings. The summed E-state index contributed by atoms with van der Waals surface area (Å²) < 4.78 is 1.81. The molecule has 1 aromatic heterocycles. The van der Waals surface area contributed by atoms with Gasteiger partial charge in [-0.25, -0.2) is 10.2 Å². The third kappa shape index (κ3) is 3.21. The number of rotatable bonds is 2. The normalized spacial score (nSPS) is 11.1. The van der Waals surface area contributed by atoms with E-state index < -0.39 is 0 Å². The van der Waals surface area contributed by atoms with Crippen molar-refractivity contribution in [3.05, 3.63) is 60.2 Å². The number of pyridine rings is 1. The van der Waals surface area contributed by atoms with Gasteiger partial charge < -0.3 is 9.88 Å². The Hall–Kier alpha value is -2.56. The maximum Gasteiger partial charge on any atom is 0.339 e. The summed E-state index contributed by atoms with van der Waals surface area (Å²) in [6, 6.07) is 14.4. The predicted molar refractivity (Wildman–Crippen MR) is 69.6 cm³/mol. The number of hydrogen-bond donors (Lipinski definition) is 2. The van der Waals surface area contributed by atoms with Gasteiger partial charge in [-0.1, -0.05) is 24.3 Å². The van der Waals surface area contributed by atoms with Crippen LogP contribution in [0.25, 0.3) is 0 Å². The first-order valence-electron chi connectivity index (χ1n) is 5.53. The zero-order valence-corrected chi connectivity index (χ0v) is 10.00. The van der Waals surface area contributed by atoms with E-state index in [-0.39, 0.29) is 6.03 Å². The van der Waals surface area contributed by atoms with Gasteiger partial charge in [0.2, 0.25) is 0 Å². The van der Waals surface area contributed by atoms with Crippen molar-refractivity contribution in [1.82, 2.24) is 9.99 Å². The smallest absolute Gasteiger partial charge is 0.335 e. The number of aromatic nitrogens is 1. The summed E-state index contributed by atoms with van der Waals surface area (Å²) >= 11 is 0. The Morgan fingerprint density at radius 2 is 1.83 bits per heavy atom. The van der Waals surface area contributed by atoms with Crippen LogP contribution in [0, 0.1) is 0 Å². The SMILES string of the molecule is Cn1ccccc1=NNC(=O)Nc1ccccc1. The van der Waals surface area contributed by atoms with Crippen molar-refractivity contribution >= 4 is 11.7 Å². The molecule has 0 saturated carbocycles. The van der Waals surface area contributed by atoms with E-state index in [0.717, 1.165) is 5.69 Å². The van der Waals surface area contributed by atoms with Crippen LogP contribution in [0.2, 0.25) is 0 Å². The van der Waals surface area contributed by atoms with Gasteiger partial charge in [0.25, 0.3) is 0 Å². The summed E-state index contributed by atoms with van der Waals surface area (Å²) in [5.74, 6) is 0. The average Bonchev–Trinajstić information content (AvgIpc) is 2.39. The lowest BCUT2D eigenvalue weighted by Gasteiger charge is -2.03. The molecule has 0 fully saturated rings. The van der Waals surface area contributed by atoms with Gasteiger partial charge in [0, 0.05) is 18.9 Å². The van der Waals surface area contributed by atoms with Gasteiger partial charge >= 0.3 is 6.03 Å². The first-order chi connectivity index (χ1) is 8.75. The number of amides is 2. The Balaban J connectivity index is 2.01. The molecule has 2 N–H and O–H groups in total. The maximum absolute atomic E-state index is 11.6. The van der Waals surface area contributed by atoms with Crippen molar-refractivity contribution in [2.75, 3.05) is 5.32 Å². The molecule has 5 heteroatoms. The minimum atomic E-state index is -0.370. The second kappa shape index (κ2) is 5.67. The zero-order chi connectivity index (χ0) is 12.8. The van der Waals surface area contributed by atoms with Gasteiger partial charge in [-0.3, -0.25) is 0 Å². The minimum absolute atomic E-state index is 0.370. The van der Waals surface area contributed by atoms with Crippen LogP contribution in [0.5, 0.6) is 0 Å². The largest absolute Gasteiger partial charge is 0.339 e. The Morgan fingerprint density at radius 3 is 2.56 bits per heavy atom. The number of para-hydroxylation sites is 1. The molecule has 0 atom stereocenters. The number of aryl methyl sites for hydroxylation is 1. The van der Waals surface area contributed by atoms with Crippen LogP contribution in [0.3, 0.4) is 0 Å². The highest BCUT2D eigenvalue weighted by atomic mass is 16.2. The molecule has 2 amide bonds. The molecule has 18 heavy (non-hydrogen) atoms. The van der Waals surface area contributed by atoms with E-state index in [1.807, 2.05) is 66.3 Å². The van der Waals surface area contributed by atoms with Gasteiger partial charge in [0.1, 0.15) is 0 Å². The molecule has 0 aliphatic heterocycles. The number of nitrogens with zero attached hydrogens (tertiary/aromatic N) is 2. The molecule has 0 bridgehead atoms. The Kier molecular flexibility index (Phi) is 3.76. The fourth-order valence-electron chi connectivity index (χ4n) is 1.42. The van der Waals surface area contributed by atoms with Gasteiger partial charge in [0.15, 0.2) is 5.49 Å². The summed E-state index contributed by atoms with van der Waals surface area (Å²) in [5, 5.41) is 6.68. The average molecular weight is 242 g/mol. The topological polar surface area (TPSA) is 58.4 Å². The maximum atomic E-state index is 11.6. The van der Waals surface area contributed by atoms with Gasteiger partial charge in [-0.05, 0) is 24.3 Å². The Morgan fingerprint density at radius 1 is 1.11 bits per heavy atom. The van der Waals surface area contributed by atoms with Crippen LogP contribution in [-0.4, -0.2) is 10.6 Å². The van der Waals surface area contributed by atoms with E-state index in [0.29, 0.717) is 5.49 Å². The van der Waals surface area contributed by atoms with E-state index in [4.69, 9.17) is 0 Å². The first-order valence-corrected chi connectivity index (χ1v) is 5.53. The summed E-state index contributed by atoms with van der Waals surface area (Å²) in [6.45, 7) is 0. The molecule has 0 aliphatic rings. The second-order valence-corrected chi connectivity index (χ2v) is 3.71. The van der Waals surface area contributed by atoms with Crippen LogP contribution >= 0.6 is 0 Å². The van der Waals surface area contributed by atoms with Gasteiger partial charge in [0.05, 0.1) is 0 Å². The highest BCUT2D eigenvalue weighted by Crippen LogP contribution is 2.03. The fourth-order valence-corrected chi connectivity index (χ4v) is 1.42. The van der Waals surface area contributed by atoms with E-state index in [1.165, 1.54) is 0 Å². The van der Waals surface area contributed by atoms with Crippen molar-refractivity contribution in [1.29, 1.82) is 0 Å². The van der Waals surface area contributed by atoms with E-state index in [2.05, 4.69) is 15.8 Å². The second-order valence-electron chi connectivity index (χ2n) is 3.71. The van der Waals surface area contributed by atoms with Crippen molar-refractivity contribution < 1.29 is 4.79 Å². The Bertz CT molecular complexity index is 589. The van der Waals surface area contributed by atoms with Crippen LogP contribution in [0.4, 0.5) is 10.5 Å². The van der Waals surface area contributed by atoms with Crippen molar-refractivity contribution in [2.45, 2.75) is 0 Å². The zero-order valence-electron chi connectivity index (χ0n) is 10.00. The summed E-state index contributed by atoms with van der Waals surface area (Å²) in [4.78, 5) is 11.6. The molecule has 5 nitrogen and oxygen atoms in total. The summed E-state index contributed by atoms with van der Waals surface area (Å²) in [6.07, 6.45) is 1.86. The van der Waals surface area contributed by atoms with Gasteiger partial charge in [-0.15, -0.1) is 0 Å². The monoisotopic (exact) mass is 242 g/mol. The van der Waals surface area contributed by atoms with Crippen molar-refractivity contribution in [3.63, 3.8) is 0 Å². The lowest BCUT2D eigenvalue weighted by molar-refractivity contribution is 0.252. The quantitative estimate of drug-likeness (QED) is 0.773. The molecule has 92 valence electrons. The third-order valence-corrected chi connectivity index (χ3v) is 2.33. The molecule has 0 saturated heterocycles. The number of hydrogen-bond acceptors (Lipinski definition) is 2. The summed E-state index contributed by atoms with van der Waals surface area (Å²) in [7, 11) is 1.86. The van der Waals surface area contributed by atoms with Crippen LogP contribution < -0.4 is 16.2 Å². The molecule has 0 radical (unpaired) electrons. The van der Waals surface area contributed by atoms with E-state index >= 15 is 0 Å². The lowest BCUT2D eigenvalue weighted by Crippen LogP contribution is -2.28. The number of carbonyl (C=O) groups is 1. The van der Waals surface area contributed by atoms with Crippen LogP contribution in [0.15, 0.2) is 59.8 Å². The highest BCUT2D eigenvalue weighted by molar-refractivity contribution is 5.88. The molecular formula is C13H14N4O. The number of carbonyl (C=O) groups excluding carboxylic acids is 1. The molecule has 2 rings (SSSR count). The number of nitrogens with one attached hydrogen (secondary N) is 2. The molecule has 0 unspecified atom stereocenters. The van der Waals surface area contributed by atoms with Crippen molar-refractivity contribution in [2.24, 2.45) is 12.1 Å². The third-order valence-electron chi connectivity index (χ3n) is 2.33. The van der Waals surface area contributed by atoms with Crippen LogP contribution in [0.1, 0.15) is 0 Å². The molecule has 0 spiro atoms. The molecule has 1 heterocycles. The highest BCUT2D eigenvalue weighted by Gasteiger charge is 1.98. The minimum Gasteiger partial charge on any atom is -0.335 e. The van der Waals surface area contributed by atoms with E-state index in [9.17, 15) is 4.79 Å². The molecule has 1 aromatic carbocycles. The molecular weight excluding hydrogens is 228 g/mol.